The van der Waals surface area contributed by atoms with Crippen LogP contribution in [0.5, 0.6) is 6.01 Å². The molecule has 2 aromatic carbocycles. The lowest BCUT2D eigenvalue weighted by Gasteiger charge is -2.38. The normalized spacial score (nSPS) is 18.4. The molecule has 10 heteroatoms. The van der Waals surface area contributed by atoms with Crippen molar-refractivity contribution in [2.75, 3.05) is 30.4 Å². The summed E-state index contributed by atoms with van der Waals surface area (Å²) in [7, 11) is 3.20. The van der Waals surface area contributed by atoms with Crippen LogP contribution in [0.4, 0.5) is 15.8 Å². The van der Waals surface area contributed by atoms with Gasteiger partial charge in [-0.1, -0.05) is 0 Å². The molecule has 0 saturated carbocycles. The predicted molar refractivity (Wildman–Crippen MR) is 129 cm³/mol. The number of carbonyl (C=O) groups is 1. The van der Waals surface area contributed by atoms with Gasteiger partial charge in [-0.05, 0) is 38.1 Å². The van der Waals surface area contributed by atoms with Gasteiger partial charge in [0.05, 0.1) is 18.2 Å². The summed E-state index contributed by atoms with van der Waals surface area (Å²) in [6, 6.07) is 7.43. The molecule has 2 unspecified atom stereocenters. The summed E-state index contributed by atoms with van der Waals surface area (Å²) in [5, 5.41) is 11.8. The number of fused-ring (bicyclic) bond motifs is 2. The Morgan fingerprint density at radius 3 is 2.71 bits per heavy atom. The molecule has 0 aliphatic carbocycles. The molecule has 34 heavy (non-hydrogen) atoms. The number of nitrogens with one attached hydrogen (secondary N) is 2. The van der Waals surface area contributed by atoms with Crippen LogP contribution in [0.25, 0.3) is 21.8 Å². The highest BCUT2D eigenvalue weighted by Crippen LogP contribution is 2.31. The molecule has 2 aromatic heterocycles. The summed E-state index contributed by atoms with van der Waals surface area (Å²) in [6.45, 7) is 5.93. The molecule has 9 nitrogen and oxygen atoms in total. The molecular weight excluding hydrogens is 437 g/mol. The summed E-state index contributed by atoms with van der Waals surface area (Å²) < 4.78 is 21.3. The summed E-state index contributed by atoms with van der Waals surface area (Å²) in [5.74, 6) is -0.901. The van der Waals surface area contributed by atoms with E-state index in [0.29, 0.717) is 34.2 Å². The minimum absolute atomic E-state index is 0.170. The van der Waals surface area contributed by atoms with E-state index in [0.717, 1.165) is 24.2 Å². The van der Waals surface area contributed by atoms with Gasteiger partial charge < -0.3 is 20.3 Å². The van der Waals surface area contributed by atoms with Gasteiger partial charge in [0.25, 0.3) is 5.91 Å². The van der Waals surface area contributed by atoms with Crippen LogP contribution in [0.2, 0.25) is 0 Å². The third kappa shape index (κ3) is 4.01. The number of aromatic nitrogens is 4. The van der Waals surface area contributed by atoms with Crippen molar-refractivity contribution in [2.24, 2.45) is 7.05 Å². The quantitative estimate of drug-likeness (QED) is 0.480. The van der Waals surface area contributed by atoms with E-state index in [4.69, 9.17) is 4.74 Å². The van der Waals surface area contributed by atoms with E-state index in [9.17, 15) is 9.18 Å². The van der Waals surface area contributed by atoms with Crippen molar-refractivity contribution < 1.29 is 13.9 Å². The summed E-state index contributed by atoms with van der Waals surface area (Å²) >= 11 is 0. The largest absolute Gasteiger partial charge is 0.467 e. The van der Waals surface area contributed by atoms with Crippen LogP contribution in [0, 0.1) is 5.82 Å². The lowest BCUT2D eigenvalue weighted by molar-refractivity contribution is 0.102. The third-order valence-corrected chi connectivity index (χ3v) is 5.97. The first-order chi connectivity index (χ1) is 16.3. The lowest BCUT2D eigenvalue weighted by Crippen LogP contribution is -2.54. The lowest BCUT2D eigenvalue weighted by atomic mass is 10.0. The number of benzene rings is 2. The zero-order chi connectivity index (χ0) is 24.0. The van der Waals surface area contributed by atoms with E-state index in [1.165, 1.54) is 17.9 Å². The molecule has 2 N–H and O–H groups in total. The van der Waals surface area contributed by atoms with Gasteiger partial charge in [-0.15, -0.1) is 0 Å². The SMILES string of the molecule is COc1ncc2c(N3CC(C)NC(C)C3)ccc(C(=O)Nc3cc(F)c4nn(C)cc4c3)c2n1. The Bertz CT molecular complexity index is 1390. The van der Waals surface area contributed by atoms with Crippen molar-refractivity contribution in [2.45, 2.75) is 25.9 Å². The number of rotatable bonds is 4. The summed E-state index contributed by atoms with van der Waals surface area (Å²) in [5.41, 5.74) is 2.38. The van der Waals surface area contributed by atoms with Crippen molar-refractivity contribution >= 4 is 39.1 Å². The molecule has 0 spiro atoms. The average molecular weight is 464 g/mol. The number of carbonyl (C=O) groups excluding carboxylic acids is 1. The van der Waals surface area contributed by atoms with Crippen molar-refractivity contribution in [3.8, 4) is 6.01 Å². The van der Waals surface area contributed by atoms with Gasteiger partial charge in [-0.25, -0.2) is 9.37 Å². The summed E-state index contributed by atoms with van der Waals surface area (Å²) in [6.07, 6.45) is 3.39. The molecule has 1 fully saturated rings. The predicted octanol–water partition coefficient (Wildman–Crippen LogP) is 3.10. The maximum Gasteiger partial charge on any atom is 0.316 e. The first-order valence-electron chi connectivity index (χ1n) is 11.1. The van der Waals surface area contributed by atoms with Gasteiger partial charge in [0.15, 0.2) is 5.82 Å². The molecule has 1 amide bonds. The van der Waals surface area contributed by atoms with Gasteiger partial charge in [0, 0.05) is 66.8 Å². The van der Waals surface area contributed by atoms with Crippen molar-refractivity contribution in [3.05, 3.63) is 48.0 Å². The van der Waals surface area contributed by atoms with Crippen LogP contribution in [-0.4, -0.2) is 57.9 Å². The Hall–Kier alpha value is -3.79. The molecule has 0 radical (unpaired) electrons. The Morgan fingerprint density at radius 1 is 1.21 bits per heavy atom. The van der Waals surface area contributed by atoms with E-state index < -0.39 is 11.7 Å². The number of hydrogen-bond acceptors (Lipinski definition) is 7. The maximum absolute atomic E-state index is 14.5. The minimum atomic E-state index is -0.500. The molecule has 1 aliphatic heterocycles. The van der Waals surface area contributed by atoms with Gasteiger partial charge in [-0.3, -0.25) is 9.48 Å². The van der Waals surface area contributed by atoms with Gasteiger partial charge >= 0.3 is 6.01 Å². The second-order valence-electron chi connectivity index (χ2n) is 8.78. The molecule has 3 heterocycles. The highest BCUT2D eigenvalue weighted by atomic mass is 19.1. The second-order valence-corrected chi connectivity index (χ2v) is 8.78. The fourth-order valence-corrected chi connectivity index (χ4v) is 4.65. The smallest absolute Gasteiger partial charge is 0.316 e. The topological polar surface area (TPSA) is 97.2 Å². The number of amides is 1. The molecule has 2 atom stereocenters. The molecule has 1 saturated heterocycles. The Morgan fingerprint density at radius 2 is 1.97 bits per heavy atom. The Labute approximate surface area is 195 Å². The average Bonchev–Trinajstić information content (AvgIpc) is 3.18. The van der Waals surface area contributed by atoms with E-state index in [-0.39, 0.29) is 11.5 Å². The van der Waals surface area contributed by atoms with E-state index in [1.54, 1.807) is 31.6 Å². The van der Waals surface area contributed by atoms with Crippen LogP contribution in [-0.2, 0) is 7.05 Å². The molecule has 5 rings (SSSR count). The van der Waals surface area contributed by atoms with Crippen LogP contribution >= 0.6 is 0 Å². The summed E-state index contributed by atoms with van der Waals surface area (Å²) in [4.78, 5) is 24.4. The molecule has 4 aromatic rings. The number of halogens is 1. The van der Waals surface area contributed by atoms with Crippen molar-refractivity contribution in [3.63, 3.8) is 0 Å². The molecule has 1 aliphatic rings. The number of hydrogen-bond donors (Lipinski definition) is 2. The third-order valence-electron chi connectivity index (χ3n) is 5.97. The zero-order valence-corrected chi connectivity index (χ0v) is 19.5. The standard InChI is InChI=1S/C24H26FN7O2/c1-13-10-32(11-14(2)27-13)20-6-5-17(22-18(20)9-26-24(29-22)34-4)23(33)28-16-7-15-12-31(3)30-21(15)19(25)8-16/h5-9,12-14,27H,10-11H2,1-4H3,(H,28,33). The van der Waals surface area contributed by atoms with Crippen LogP contribution in [0.1, 0.15) is 24.2 Å². The number of methoxy groups -OCH3 is 1. The fraction of sp³-hybridized carbons (Fsp3) is 0.333. The van der Waals surface area contributed by atoms with Crippen molar-refractivity contribution in [1.82, 2.24) is 25.1 Å². The van der Waals surface area contributed by atoms with Crippen LogP contribution < -0.4 is 20.3 Å². The van der Waals surface area contributed by atoms with Crippen molar-refractivity contribution in [1.29, 1.82) is 0 Å². The van der Waals surface area contributed by atoms with Gasteiger partial charge in [0.2, 0.25) is 0 Å². The monoisotopic (exact) mass is 463 g/mol. The van der Waals surface area contributed by atoms with E-state index >= 15 is 0 Å². The van der Waals surface area contributed by atoms with Crippen LogP contribution in [0.15, 0.2) is 36.7 Å². The molecule has 176 valence electrons. The number of ether oxygens (including phenoxy) is 1. The van der Waals surface area contributed by atoms with Gasteiger partial charge in [-0.2, -0.15) is 10.1 Å². The number of nitrogens with zero attached hydrogens (tertiary/aromatic N) is 5. The molecular formula is C24H26FN7O2. The van der Waals surface area contributed by atoms with E-state index in [1.807, 2.05) is 6.07 Å². The maximum atomic E-state index is 14.5. The number of anilines is 2. The van der Waals surface area contributed by atoms with Gasteiger partial charge in [0.1, 0.15) is 5.52 Å². The first kappa shape index (κ1) is 22.0. The number of aryl methyl sites for hydroxylation is 1. The number of piperazine rings is 1. The molecule has 0 bridgehead atoms. The van der Waals surface area contributed by atoms with Crippen LogP contribution in [0.3, 0.4) is 0 Å². The Kier molecular flexibility index (Phi) is 5.52. The second kappa shape index (κ2) is 8.53. The first-order valence-corrected chi connectivity index (χ1v) is 11.1. The highest BCUT2D eigenvalue weighted by molar-refractivity contribution is 6.14. The highest BCUT2D eigenvalue weighted by Gasteiger charge is 2.25. The Balaban J connectivity index is 1.54. The fourth-order valence-electron chi connectivity index (χ4n) is 4.65. The zero-order valence-electron chi connectivity index (χ0n) is 19.5. The van der Waals surface area contributed by atoms with E-state index in [2.05, 4.69) is 44.4 Å². The minimum Gasteiger partial charge on any atom is -0.467 e.